The quantitative estimate of drug-likeness (QED) is 0.843. The molecule has 0 atom stereocenters. The molecule has 6 heteroatoms. The van der Waals surface area contributed by atoms with Crippen LogP contribution in [0.5, 0.6) is 0 Å². The predicted octanol–water partition coefficient (Wildman–Crippen LogP) is 1.29. The maximum Gasteiger partial charge on any atom is 0.339 e. The van der Waals surface area contributed by atoms with Crippen LogP contribution in [-0.2, 0) is 0 Å². The van der Waals surface area contributed by atoms with Gasteiger partial charge in [-0.25, -0.2) is 14.5 Å². The molecule has 0 saturated heterocycles. The fraction of sp³-hybridized carbons (Fsp3) is 0.273. The lowest BCUT2D eigenvalue weighted by molar-refractivity contribution is 0.0696. The van der Waals surface area contributed by atoms with Crippen molar-refractivity contribution in [3.63, 3.8) is 0 Å². The van der Waals surface area contributed by atoms with Gasteiger partial charge < -0.3 is 5.11 Å². The van der Waals surface area contributed by atoms with Crippen LogP contribution in [0.1, 0.15) is 27.7 Å². The van der Waals surface area contributed by atoms with Crippen molar-refractivity contribution >= 4 is 5.97 Å². The van der Waals surface area contributed by atoms with Crippen molar-refractivity contribution in [2.75, 3.05) is 0 Å². The molecule has 0 spiro atoms. The summed E-state index contributed by atoms with van der Waals surface area (Å²) >= 11 is 0. The van der Waals surface area contributed by atoms with E-state index in [1.807, 2.05) is 0 Å². The normalized spacial score (nSPS) is 10.5. The number of rotatable bonds is 2. The Morgan fingerprint density at radius 2 is 2.06 bits per heavy atom. The number of carbonyl (C=O) groups is 1. The number of aromatic nitrogens is 4. The first-order valence-electron chi connectivity index (χ1n) is 5.09. The van der Waals surface area contributed by atoms with Crippen LogP contribution in [-0.4, -0.2) is 30.8 Å². The van der Waals surface area contributed by atoms with Crippen molar-refractivity contribution in [3.8, 4) is 5.69 Å². The van der Waals surface area contributed by atoms with Crippen molar-refractivity contribution in [2.24, 2.45) is 0 Å². The highest BCUT2D eigenvalue weighted by Gasteiger charge is 2.15. The van der Waals surface area contributed by atoms with Crippen LogP contribution in [0.4, 0.5) is 0 Å². The Morgan fingerprint density at radius 1 is 1.35 bits per heavy atom. The highest BCUT2D eigenvalue weighted by atomic mass is 16.4. The average Bonchev–Trinajstić information content (AvgIpc) is 2.57. The van der Waals surface area contributed by atoms with E-state index in [0.29, 0.717) is 17.3 Å². The summed E-state index contributed by atoms with van der Waals surface area (Å²) in [6.45, 7) is 5.34. The number of carboxylic acid groups (broad SMARTS) is 1. The Bertz CT molecular complexity index is 589. The standard InChI is InChI=1S/C11H12N4O2/c1-6-4-10(9(5-12-6)11(16)17)15-8(3)13-7(2)14-15/h4-5H,1-3H3,(H,16,17). The van der Waals surface area contributed by atoms with Crippen molar-refractivity contribution < 1.29 is 9.90 Å². The second-order valence-electron chi connectivity index (χ2n) is 3.77. The molecule has 17 heavy (non-hydrogen) atoms. The van der Waals surface area contributed by atoms with Crippen LogP contribution in [0.2, 0.25) is 0 Å². The van der Waals surface area contributed by atoms with Crippen molar-refractivity contribution in [2.45, 2.75) is 20.8 Å². The number of nitrogens with zero attached hydrogens (tertiary/aromatic N) is 4. The molecule has 0 fully saturated rings. The van der Waals surface area contributed by atoms with Crippen LogP contribution in [0, 0.1) is 20.8 Å². The van der Waals surface area contributed by atoms with E-state index in [9.17, 15) is 4.79 Å². The molecule has 1 N–H and O–H groups in total. The van der Waals surface area contributed by atoms with Crippen LogP contribution in [0.3, 0.4) is 0 Å². The molecule has 0 aromatic carbocycles. The van der Waals surface area contributed by atoms with E-state index in [4.69, 9.17) is 5.11 Å². The Balaban J connectivity index is 2.69. The van der Waals surface area contributed by atoms with Gasteiger partial charge in [0, 0.05) is 11.9 Å². The van der Waals surface area contributed by atoms with Gasteiger partial charge >= 0.3 is 5.97 Å². The molecule has 2 rings (SSSR count). The fourth-order valence-electron chi connectivity index (χ4n) is 1.63. The summed E-state index contributed by atoms with van der Waals surface area (Å²) in [6.07, 6.45) is 1.34. The average molecular weight is 232 g/mol. The lowest BCUT2D eigenvalue weighted by Crippen LogP contribution is -2.09. The van der Waals surface area contributed by atoms with Gasteiger partial charge in [-0.15, -0.1) is 0 Å². The Labute approximate surface area is 98.0 Å². The van der Waals surface area contributed by atoms with E-state index < -0.39 is 5.97 Å². The number of carboxylic acids is 1. The summed E-state index contributed by atoms with van der Waals surface area (Å²) in [4.78, 5) is 19.3. The predicted molar refractivity (Wildman–Crippen MR) is 60.3 cm³/mol. The Kier molecular flexibility index (Phi) is 2.63. The molecule has 2 aromatic heterocycles. The summed E-state index contributed by atoms with van der Waals surface area (Å²) in [5, 5.41) is 13.3. The summed E-state index contributed by atoms with van der Waals surface area (Å²) in [7, 11) is 0. The van der Waals surface area contributed by atoms with Crippen LogP contribution in [0.25, 0.3) is 5.69 Å². The minimum Gasteiger partial charge on any atom is -0.478 e. The fourth-order valence-corrected chi connectivity index (χ4v) is 1.63. The van der Waals surface area contributed by atoms with E-state index >= 15 is 0 Å². The van der Waals surface area contributed by atoms with E-state index in [1.165, 1.54) is 10.9 Å². The number of hydrogen-bond donors (Lipinski definition) is 1. The molecule has 0 saturated carbocycles. The number of aromatic carboxylic acids is 1. The zero-order valence-corrected chi connectivity index (χ0v) is 9.80. The van der Waals surface area contributed by atoms with E-state index in [0.717, 1.165) is 5.69 Å². The monoisotopic (exact) mass is 232 g/mol. The first-order valence-corrected chi connectivity index (χ1v) is 5.09. The molecule has 0 aliphatic carbocycles. The van der Waals surface area contributed by atoms with Crippen LogP contribution < -0.4 is 0 Å². The number of aryl methyl sites for hydroxylation is 3. The summed E-state index contributed by atoms with van der Waals surface area (Å²) in [5.74, 6) is 0.226. The largest absolute Gasteiger partial charge is 0.478 e. The van der Waals surface area contributed by atoms with Gasteiger partial charge in [-0.1, -0.05) is 0 Å². The second kappa shape index (κ2) is 3.97. The van der Waals surface area contributed by atoms with Gasteiger partial charge in [-0.2, -0.15) is 5.10 Å². The van der Waals surface area contributed by atoms with Crippen molar-refractivity contribution in [1.82, 2.24) is 19.7 Å². The van der Waals surface area contributed by atoms with Gasteiger partial charge in [0.05, 0.1) is 5.69 Å². The zero-order valence-electron chi connectivity index (χ0n) is 9.80. The minimum atomic E-state index is -1.03. The molecule has 0 aliphatic heterocycles. The van der Waals surface area contributed by atoms with Gasteiger partial charge in [0.1, 0.15) is 17.2 Å². The van der Waals surface area contributed by atoms with Crippen molar-refractivity contribution in [1.29, 1.82) is 0 Å². The first-order chi connectivity index (χ1) is 7.99. The molecule has 6 nitrogen and oxygen atoms in total. The highest BCUT2D eigenvalue weighted by molar-refractivity contribution is 5.91. The van der Waals surface area contributed by atoms with Crippen LogP contribution in [0.15, 0.2) is 12.3 Å². The minimum absolute atomic E-state index is 0.114. The summed E-state index contributed by atoms with van der Waals surface area (Å²) < 4.78 is 1.52. The Hall–Kier alpha value is -2.24. The first kappa shape index (κ1) is 11.3. The van der Waals surface area contributed by atoms with Gasteiger partial charge in [-0.05, 0) is 26.8 Å². The van der Waals surface area contributed by atoms with Gasteiger partial charge in [0.2, 0.25) is 0 Å². The molecule has 2 aromatic rings. The lowest BCUT2D eigenvalue weighted by Gasteiger charge is -2.07. The third-order valence-corrected chi connectivity index (χ3v) is 2.35. The number of pyridine rings is 1. The SMILES string of the molecule is Cc1cc(-n2nc(C)nc2C)c(C(=O)O)cn1. The zero-order chi connectivity index (χ0) is 12.6. The molecular weight excluding hydrogens is 220 g/mol. The number of hydrogen-bond acceptors (Lipinski definition) is 4. The Morgan fingerprint density at radius 3 is 2.59 bits per heavy atom. The molecular formula is C11H12N4O2. The topological polar surface area (TPSA) is 80.9 Å². The third kappa shape index (κ3) is 2.01. The van der Waals surface area contributed by atoms with Crippen LogP contribution >= 0.6 is 0 Å². The van der Waals surface area contributed by atoms with E-state index in [2.05, 4.69) is 15.1 Å². The molecule has 0 bridgehead atoms. The second-order valence-corrected chi connectivity index (χ2v) is 3.77. The maximum absolute atomic E-state index is 11.1. The summed E-state index contributed by atoms with van der Waals surface area (Å²) in [5.41, 5.74) is 1.34. The van der Waals surface area contributed by atoms with Gasteiger partial charge in [-0.3, -0.25) is 4.98 Å². The van der Waals surface area contributed by atoms with E-state index in [1.54, 1.807) is 26.8 Å². The maximum atomic E-state index is 11.1. The molecule has 88 valence electrons. The molecule has 0 aliphatic rings. The van der Waals surface area contributed by atoms with Gasteiger partial charge in [0.25, 0.3) is 0 Å². The summed E-state index contributed by atoms with van der Waals surface area (Å²) in [6, 6.07) is 1.69. The van der Waals surface area contributed by atoms with Gasteiger partial charge in [0.15, 0.2) is 0 Å². The molecule has 2 heterocycles. The van der Waals surface area contributed by atoms with E-state index in [-0.39, 0.29) is 5.56 Å². The third-order valence-electron chi connectivity index (χ3n) is 2.35. The molecule has 0 radical (unpaired) electrons. The lowest BCUT2D eigenvalue weighted by atomic mass is 10.2. The highest BCUT2D eigenvalue weighted by Crippen LogP contribution is 2.16. The molecule has 0 unspecified atom stereocenters. The molecule has 0 amide bonds. The smallest absolute Gasteiger partial charge is 0.339 e. The van der Waals surface area contributed by atoms with Crippen molar-refractivity contribution in [3.05, 3.63) is 35.2 Å².